The summed E-state index contributed by atoms with van der Waals surface area (Å²) in [5.41, 5.74) is 0. The molecule has 0 amide bonds. The first kappa shape index (κ1) is 18.1. The number of hydrogen-bond acceptors (Lipinski definition) is 3. The summed E-state index contributed by atoms with van der Waals surface area (Å²) in [5, 5.41) is 18.6. The van der Waals surface area contributed by atoms with Gasteiger partial charge in [0.1, 0.15) is 0 Å². The molecule has 2 heterocycles. The zero-order valence-electron chi connectivity index (χ0n) is 10.5. The molecule has 0 spiro atoms. The van der Waals surface area contributed by atoms with Gasteiger partial charge in [-0.15, -0.1) is 0 Å². The minimum absolute atomic E-state index is 0. The van der Waals surface area contributed by atoms with E-state index >= 15 is 0 Å². The standard InChI is InChI=1S/C13H12N2O3.2ClH/c16-11-3-1-5-14(7-11)9-13(18)10-15-6-2-4-12(17)8-15;;/h1-8H,9-10H2;2*1H. The fourth-order valence-electron chi connectivity index (χ4n) is 1.67. The summed E-state index contributed by atoms with van der Waals surface area (Å²) in [7, 11) is 0. The first-order valence-corrected chi connectivity index (χ1v) is 5.51. The van der Waals surface area contributed by atoms with Gasteiger partial charge in [0.25, 0.3) is 5.78 Å². The second-order valence-corrected chi connectivity index (χ2v) is 4.01. The van der Waals surface area contributed by atoms with Crippen molar-refractivity contribution in [2.45, 2.75) is 13.1 Å². The minimum atomic E-state index is -0.0267. The number of aromatic nitrogens is 2. The Bertz CT molecular complexity index is 530. The molecule has 0 radical (unpaired) electrons. The van der Waals surface area contributed by atoms with E-state index in [0.29, 0.717) is 0 Å². The lowest BCUT2D eigenvalue weighted by Crippen LogP contribution is -3.00. The van der Waals surface area contributed by atoms with Crippen LogP contribution in [0.25, 0.3) is 0 Å². The van der Waals surface area contributed by atoms with Gasteiger partial charge in [0, 0.05) is 12.1 Å². The maximum atomic E-state index is 11.8. The lowest BCUT2D eigenvalue weighted by Gasteiger charge is -1.97. The number of rotatable bonds is 4. The molecule has 0 saturated carbocycles. The molecule has 0 fully saturated rings. The number of nitrogens with zero attached hydrogens (tertiary/aromatic N) is 2. The molecule has 20 heavy (non-hydrogen) atoms. The number of pyridine rings is 2. The normalized spacial score (nSPS) is 9.20. The molecule has 108 valence electrons. The molecule has 0 bridgehead atoms. The Labute approximate surface area is 128 Å². The maximum absolute atomic E-state index is 11.8. The lowest BCUT2D eigenvalue weighted by atomic mass is 10.3. The van der Waals surface area contributed by atoms with E-state index in [1.807, 2.05) is 0 Å². The number of ketones is 1. The van der Waals surface area contributed by atoms with Crippen molar-refractivity contribution in [3.05, 3.63) is 49.1 Å². The van der Waals surface area contributed by atoms with Crippen LogP contribution in [0.4, 0.5) is 0 Å². The Morgan fingerprint density at radius 3 is 1.65 bits per heavy atom. The second-order valence-electron chi connectivity index (χ2n) is 4.01. The summed E-state index contributed by atoms with van der Waals surface area (Å²) in [6, 6.07) is 6.43. The van der Waals surface area contributed by atoms with Gasteiger partial charge in [0.05, 0.1) is 0 Å². The average molecular weight is 317 g/mol. The highest BCUT2D eigenvalue weighted by Gasteiger charge is 2.15. The van der Waals surface area contributed by atoms with Gasteiger partial charge in [-0.1, -0.05) is 0 Å². The van der Waals surface area contributed by atoms with Gasteiger partial charge in [0.15, 0.2) is 23.9 Å². The van der Waals surface area contributed by atoms with E-state index in [1.54, 1.807) is 45.8 Å². The number of aromatic hydroxyl groups is 2. The van der Waals surface area contributed by atoms with Gasteiger partial charge in [-0.2, -0.15) is 9.13 Å². The van der Waals surface area contributed by atoms with Crippen molar-refractivity contribution >= 4 is 5.78 Å². The molecule has 0 aliphatic carbocycles. The van der Waals surface area contributed by atoms with Crippen molar-refractivity contribution in [3.63, 3.8) is 0 Å². The van der Waals surface area contributed by atoms with Crippen molar-refractivity contribution in [1.29, 1.82) is 0 Å². The molecule has 2 aromatic rings. The predicted molar refractivity (Wildman–Crippen MR) is 61.6 cm³/mol. The van der Waals surface area contributed by atoms with Crippen molar-refractivity contribution < 1.29 is 49.0 Å². The first-order chi connectivity index (χ1) is 8.63. The van der Waals surface area contributed by atoms with Crippen LogP contribution in [0.1, 0.15) is 0 Å². The minimum Gasteiger partial charge on any atom is -1.00 e. The van der Waals surface area contributed by atoms with Crippen LogP contribution in [-0.4, -0.2) is 16.0 Å². The van der Waals surface area contributed by atoms with E-state index in [0.717, 1.165) is 0 Å². The van der Waals surface area contributed by atoms with Gasteiger partial charge < -0.3 is 35.0 Å². The molecule has 7 heteroatoms. The zero-order valence-corrected chi connectivity index (χ0v) is 12.0. The molecule has 5 nitrogen and oxygen atoms in total. The molecular weight excluding hydrogens is 303 g/mol. The van der Waals surface area contributed by atoms with Gasteiger partial charge in [-0.25, -0.2) is 0 Å². The summed E-state index contributed by atoms with van der Waals surface area (Å²) in [5.74, 6) is 0.215. The molecule has 0 aliphatic rings. The topological polar surface area (TPSA) is 65.3 Å². The Kier molecular flexibility index (Phi) is 7.57. The number of hydrogen-bond donors (Lipinski definition) is 2. The highest BCUT2D eigenvalue weighted by atomic mass is 35.5. The maximum Gasteiger partial charge on any atom is 0.261 e. The summed E-state index contributed by atoms with van der Waals surface area (Å²) in [6.45, 7) is 0.355. The Hall–Kier alpha value is -1.85. The van der Waals surface area contributed by atoms with E-state index in [9.17, 15) is 15.0 Å². The number of carbonyl (C=O) groups excluding carboxylic acids is 1. The summed E-state index contributed by atoms with van der Waals surface area (Å²) in [4.78, 5) is 11.8. The quantitative estimate of drug-likeness (QED) is 0.552. The fraction of sp³-hybridized carbons (Fsp3) is 0.154. The van der Waals surface area contributed by atoms with E-state index in [-0.39, 0.29) is 55.2 Å². The first-order valence-electron chi connectivity index (χ1n) is 5.51. The van der Waals surface area contributed by atoms with Crippen molar-refractivity contribution in [1.82, 2.24) is 0 Å². The van der Waals surface area contributed by atoms with E-state index in [1.165, 1.54) is 12.4 Å². The van der Waals surface area contributed by atoms with Crippen LogP contribution in [0, 0.1) is 0 Å². The van der Waals surface area contributed by atoms with Gasteiger partial charge in [0.2, 0.25) is 25.5 Å². The average Bonchev–Trinajstić information content (AvgIpc) is 2.28. The smallest absolute Gasteiger partial charge is 0.261 e. The summed E-state index contributed by atoms with van der Waals surface area (Å²) >= 11 is 0. The molecule has 0 saturated heterocycles. The molecule has 0 aliphatic heterocycles. The molecule has 0 unspecified atom stereocenters. The molecule has 2 aromatic heterocycles. The summed E-state index contributed by atoms with van der Waals surface area (Å²) < 4.78 is 3.22. The SMILES string of the molecule is O=C(C[n+]1cccc(O)c1)C[n+]1cccc(O)c1.[Cl-].[Cl-]. The van der Waals surface area contributed by atoms with E-state index in [2.05, 4.69) is 0 Å². The third kappa shape index (κ3) is 5.42. The van der Waals surface area contributed by atoms with Crippen LogP contribution in [0.5, 0.6) is 11.5 Å². The Balaban J connectivity index is 0.00000180. The van der Waals surface area contributed by atoms with E-state index in [4.69, 9.17) is 0 Å². The van der Waals surface area contributed by atoms with Crippen LogP contribution in [0.3, 0.4) is 0 Å². The van der Waals surface area contributed by atoms with Gasteiger partial charge >= 0.3 is 0 Å². The van der Waals surface area contributed by atoms with Crippen LogP contribution in [0.15, 0.2) is 49.1 Å². The number of carbonyl (C=O) groups is 1. The van der Waals surface area contributed by atoms with Gasteiger partial charge in [-0.05, 0) is 12.1 Å². The van der Waals surface area contributed by atoms with Crippen molar-refractivity contribution in [3.8, 4) is 11.5 Å². The number of Topliss-reactive ketones (excluding diaryl/α,β-unsaturated/α-hetero) is 1. The Morgan fingerprint density at radius 1 is 0.900 bits per heavy atom. The third-order valence-electron chi connectivity index (χ3n) is 2.40. The molecule has 2 N–H and O–H groups in total. The van der Waals surface area contributed by atoms with Crippen LogP contribution in [-0.2, 0) is 17.9 Å². The largest absolute Gasteiger partial charge is 1.00 e. The lowest BCUT2D eigenvalue weighted by molar-refractivity contribution is -0.702. The number of halogens is 2. The van der Waals surface area contributed by atoms with Crippen LogP contribution < -0.4 is 33.9 Å². The predicted octanol–water partition coefficient (Wildman–Crippen LogP) is -6.05. The van der Waals surface area contributed by atoms with Gasteiger partial charge in [-0.3, -0.25) is 4.79 Å². The van der Waals surface area contributed by atoms with Crippen LogP contribution in [0.2, 0.25) is 0 Å². The molecule has 0 atom stereocenters. The molecule has 2 rings (SSSR count). The molecule has 0 aromatic carbocycles. The highest BCUT2D eigenvalue weighted by molar-refractivity contribution is 5.75. The monoisotopic (exact) mass is 316 g/mol. The van der Waals surface area contributed by atoms with Crippen LogP contribution >= 0.6 is 0 Å². The zero-order chi connectivity index (χ0) is 13.0. The second kappa shape index (κ2) is 8.35. The molecular formula is C13H14Cl2N2O3. The third-order valence-corrected chi connectivity index (χ3v) is 2.40. The Morgan fingerprint density at radius 2 is 1.30 bits per heavy atom. The summed E-state index contributed by atoms with van der Waals surface area (Å²) in [6.07, 6.45) is 6.41. The van der Waals surface area contributed by atoms with E-state index < -0.39 is 0 Å². The van der Waals surface area contributed by atoms with Crippen molar-refractivity contribution in [2.75, 3.05) is 0 Å². The highest BCUT2D eigenvalue weighted by Crippen LogP contribution is 2.01. The van der Waals surface area contributed by atoms with Crippen molar-refractivity contribution in [2.24, 2.45) is 0 Å². The fourth-order valence-corrected chi connectivity index (χ4v) is 1.67.